The van der Waals surface area contributed by atoms with Gasteiger partial charge in [-0.05, 0) is 32.1 Å². The van der Waals surface area contributed by atoms with Crippen LogP contribution in [0.5, 0.6) is 0 Å². The van der Waals surface area contributed by atoms with Crippen molar-refractivity contribution in [1.29, 1.82) is 0 Å². The van der Waals surface area contributed by atoms with Gasteiger partial charge in [0.2, 0.25) is 5.95 Å². The van der Waals surface area contributed by atoms with Crippen LogP contribution in [0.4, 0.5) is 11.8 Å². The lowest BCUT2D eigenvalue weighted by atomic mass is 9.95. The number of rotatable bonds is 4. The Morgan fingerprint density at radius 1 is 1.33 bits per heavy atom. The summed E-state index contributed by atoms with van der Waals surface area (Å²) < 4.78 is 0. The first-order chi connectivity index (χ1) is 10.2. The molecule has 114 valence electrons. The molecule has 3 heterocycles. The summed E-state index contributed by atoms with van der Waals surface area (Å²) in [5, 5.41) is 11.4. The number of nitrogens with zero attached hydrogens (tertiary/aromatic N) is 4. The molecule has 1 fully saturated rings. The molecule has 0 saturated carbocycles. The Hall–Kier alpha value is -1.85. The van der Waals surface area contributed by atoms with Gasteiger partial charge in [-0.3, -0.25) is 5.10 Å². The molecule has 1 aliphatic heterocycles. The number of piperidine rings is 1. The molecule has 3 rings (SSSR count). The summed E-state index contributed by atoms with van der Waals surface area (Å²) in [4.78, 5) is 11.7. The fourth-order valence-electron chi connectivity index (χ4n) is 2.94. The van der Waals surface area contributed by atoms with Crippen molar-refractivity contribution in [3.05, 3.63) is 6.20 Å². The third-order valence-corrected chi connectivity index (χ3v) is 4.21. The minimum atomic E-state index is 0.508. The molecule has 0 bridgehead atoms. The van der Waals surface area contributed by atoms with E-state index in [-0.39, 0.29) is 0 Å². The third kappa shape index (κ3) is 2.80. The Balaban J connectivity index is 2.00. The van der Waals surface area contributed by atoms with Crippen molar-refractivity contribution in [1.82, 2.24) is 20.2 Å². The molecular weight excluding hydrogens is 264 g/mol. The largest absolute Gasteiger partial charge is 0.354 e. The molecular formula is C15H24N6. The maximum atomic E-state index is 4.76. The Morgan fingerprint density at radius 3 is 3.00 bits per heavy atom. The van der Waals surface area contributed by atoms with Crippen LogP contribution >= 0.6 is 0 Å². The summed E-state index contributed by atoms with van der Waals surface area (Å²) in [6, 6.07) is 0.508. The number of anilines is 2. The van der Waals surface area contributed by atoms with Gasteiger partial charge in [0.05, 0.1) is 11.6 Å². The summed E-state index contributed by atoms with van der Waals surface area (Å²) in [5.41, 5.74) is 0.809. The highest BCUT2D eigenvalue weighted by atomic mass is 15.3. The standard InChI is InChI=1S/C15H24N6/c1-4-7-16-15-18-13-12(8-17-20-13)14(19-15)21-9-10(2)5-6-11(21)3/h8,10-11H,4-7,9H2,1-3H3,(H2,16,17,18,19,20). The first-order valence-corrected chi connectivity index (χ1v) is 7.90. The van der Waals surface area contributed by atoms with Crippen LogP contribution in [0.1, 0.15) is 40.0 Å². The highest BCUT2D eigenvalue weighted by Crippen LogP contribution is 2.31. The van der Waals surface area contributed by atoms with E-state index in [4.69, 9.17) is 4.98 Å². The summed E-state index contributed by atoms with van der Waals surface area (Å²) in [6.45, 7) is 8.65. The van der Waals surface area contributed by atoms with Crippen LogP contribution in [0.25, 0.3) is 11.0 Å². The molecule has 6 heteroatoms. The van der Waals surface area contributed by atoms with Crippen molar-refractivity contribution in [3.8, 4) is 0 Å². The van der Waals surface area contributed by atoms with E-state index in [0.717, 1.165) is 36.4 Å². The number of hydrogen-bond donors (Lipinski definition) is 2. The quantitative estimate of drug-likeness (QED) is 0.905. The first-order valence-electron chi connectivity index (χ1n) is 7.90. The second-order valence-electron chi connectivity index (χ2n) is 6.11. The van der Waals surface area contributed by atoms with Gasteiger partial charge in [0.25, 0.3) is 0 Å². The predicted molar refractivity (Wildman–Crippen MR) is 85.7 cm³/mol. The van der Waals surface area contributed by atoms with E-state index >= 15 is 0 Å². The van der Waals surface area contributed by atoms with Crippen molar-refractivity contribution < 1.29 is 0 Å². The number of hydrogen-bond acceptors (Lipinski definition) is 5. The molecule has 0 radical (unpaired) electrons. The van der Waals surface area contributed by atoms with Gasteiger partial charge >= 0.3 is 0 Å². The minimum absolute atomic E-state index is 0.508. The summed E-state index contributed by atoms with van der Waals surface area (Å²) >= 11 is 0. The van der Waals surface area contributed by atoms with E-state index in [2.05, 4.69) is 46.2 Å². The molecule has 0 aromatic carbocycles. The number of H-pyrrole nitrogens is 1. The highest BCUT2D eigenvalue weighted by Gasteiger charge is 2.26. The van der Waals surface area contributed by atoms with Crippen LogP contribution in [-0.2, 0) is 0 Å². The second kappa shape index (κ2) is 5.87. The maximum absolute atomic E-state index is 4.76. The molecule has 2 N–H and O–H groups in total. The average Bonchev–Trinajstić information content (AvgIpc) is 2.95. The fraction of sp³-hybridized carbons (Fsp3) is 0.667. The van der Waals surface area contributed by atoms with Crippen molar-refractivity contribution in [2.45, 2.75) is 46.1 Å². The Bertz CT molecular complexity index is 607. The normalized spacial score (nSPS) is 22.7. The van der Waals surface area contributed by atoms with Gasteiger partial charge in [-0.15, -0.1) is 0 Å². The van der Waals surface area contributed by atoms with Crippen LogP contribution in [0.2, 0.25) is 0 Å². The lowest BCUT2D eigenvalue weighted by Gasteiger charge is -2.38. The fourth-order valence-corrected chi connectivity index (χ4v) is 2.94. The number of aromatic amines is 1. The number of aromatic nitrogens is 4. The van der Waals surface area contributed by atoms with Crippen molar-refractivity contribution >= 4 is 22.8 Å². The van der Waals surface area contributed by atoms with E-state index in [1.165, 1.54) is 12.8 Å². The second-order valence-corrected chi connectivity index (χ2v) is 6.11. The van der Waals surface area contributed by atoms with Crippen LogP contribution in [-0.4, -0.2) is 39.3 Å². The van der Waals surface area contributed by atoms with Crippen LogP contribution in [0, 0.1) is 5.92 Å². The Labute approximate surface area is 125 Å². The van der Waals surface area contributed by atoms with Crippen LogP contribution < -0.4 is 10.2 Å². The number of fused-ring (bicyclic) bond motifs is 1. The Morgan fingerprint density at radius 2 is 2.19 bits per heavy atom. The van der Waals surface area contributed by atoms with Gasteiger partial charge in [0.15, 0.2) is 5.65 Å². The zero-order valence-electron chi connectivity index (χ0n) is 13.1. The maximum Gasteiger partial charge on any atom is 0.226 e. The molecule has 2 atom stereocenters. The molecule has 21 heavy (non-hydrogen) atoms. The zero-order chi connectivity index (χ0) is 14.8. The smallest absolute Gasteiger partial charge is 0.226 e. The summed E-state index contributed by atoms with van der Waals surface area (Å²) in [5.74, 6) is 2.39. The molecule has 0 amide bonds. The molecule has 6 nitrogen and oxygen atoms in total. The summed E-state index contributed by atoms with van der Waals surface area (Å²) in [7, 11) is 0. The van der Waals surface area contributed by atoms with Gasteiger partial charge in [0.1, 0.15) is 5.82 Å². The molecule has 2 aromatic rings. The molecule has 0 aliphatic carbocycles. The van der Waals surface area contributed by atoms with Gasteiger partial charge in [-0.1, -0.05) is 13.8 Å². The minimum Gasteiger partial charge on any atom is -0.354 e. The van der Waals surface area contributed by atoms with Crippen molar-refractivity contribution in [2.24, 2.45) is 5.92 Å². The van der Waals surface area contributed by atoms with Gasteiger partial charge < -0.3 is 10.2 Å². The van der Waals surface area contributed by atoms with E-state index in [0.29, 0.717) is 17.9 Å². The molecule has 1 saturated heterocycles. The van der Waals surface area contributed by atoms with E-state index in [1.807, 2.05) is 6.20 Å². The van der Waals surface area contributed by atoms with Crippen molar-refractivity contribution in [3.63, 3.8) is 0 Å². The topological polar surface area (TPSA) is 69.7 Å². The molecule has 2 unspecified atom stereocenters. The molecule has 0 spiro atoms. The van der Waals surface area contributed by atoms with Crippen molar-refractivity contribution in [2.75, 3.05) is 23.3 Å². The van der Waals surface area contributed by atoms with Gasteiger partial charge in [-0.2, -0.15) is 15.1 Å². The predicted octanol–water partition coefficient (Wildman–Crippen LogP) is 2.80. The third-order valence-electron chi connectivity index (χ3n) is 4.21. The van der Waals surface area contributed by atoms with E-state index in [9.17, 15) is 0 Å². The average molecular weight is 288 g/mol. The zero-order valence-corrected chi connectivity index (χ0v) is 13.1. The van der Waals surface area contributed by atoms with Crippen LogP contribution in [0.3, 0.4) is 0 Å². The summed E-state index contributed by atoms with van der Waals surface area (Å²) in [6.07, 6.45) is 5.39. The SMILES string of the molecule is CCCNc1nc(N2CC(C)CCC2C)c2cn[nH]c2n1. The lowest BCUT2D eigenvalue weighted by Crippen LogP contribution is -2.41. The van der Waals surface area contributed by atoms with E-state index in [1.54, 1.807) is 0 Å². The van der Waals surface area contributed by atoms with Gasteiger partial charge in [0, 0.05) is 19.1 Å². The van der Waals surface area contributed by atoms with E-state index < -0.39 is 0 Å². The highest BCUT2D eigenvalue weighted by molar-refractivity contribution is 5.87. The monoisotopic (exact) mass is 288 g/mol. The number of nitrogens with one attached hydrogen (secondary N) is 2. The first kappa shape index (κ1) is 14.1. The lowest BCUT2D eigenvalue weighted by molar-refractivity contribution is 0.389. The van der Waals surface area contributed by atoms with Crippen LogP contribution in [0.15, 0.2) is 6.20 Å². The van der Waals surface area contributed by atoms with Gasteiger partial charge in [-0.25, -0.2) is 0 Å². The Kier molecular flexibility index (Phi) is 3.94. The molecule has 2 aromatic heterocycles. The molecule has 1 aliphatic rings.